The summed E-state index contributed by atoms with van der Waals surface area (Å²) in [7, 11) is 1.75. The number of rotatable bonds is 7. The Labute approximate surface area is 126 Å². The van der Waals surface area contributed by atoms with Gasteiger partial charge in [0, 0.05) is 26.1 Å². The fraction of sp³-hybridized carbons (Fsp3) is 0.500. The maximum Gasteiger partial charge on any atom is 0.317 e. The molecule has 0 aromatic heterocycles. The number of benzene rings is 1. The fourth-order valence-corrected chi connectivity index (χ4v) is 1.99. The van der Waals surface area contributed by atoms with Crippen molar-refractivity contribution in [3.05, 3.63) is 35.4 Å². The number of nitrogens with zero attached hydrogens (tertiary/aromatic N) is 1. The summed E-state index contributed by atoms with van der Waals surface area (Å²) < 4.78 is 0. The zero-order valence-corrected chi connectivity index (χ0v) is 12.9. The molecule has 0 saturated carbocycles. The molecule has 0 heterocycles. The van der Waals surface area contributed by atoms with Gasteiger partial charge in [0.2, 0.25) is 0 Å². The summed E-state index contributed by atoms with van der Waals surface area (Å²) in [6.07, 6.45) is 1.37. The first-order valence-electron chi connectivity index (χ1n) is 7.17. The van der Waals surface area contributed by atoms with Crippen LogP contribution in [0.2, 0.25) is 0 Å². The Hall–Kier alpha value is -2.04. The molecule has 116 valence electrons. The van der Waals surface area contributed by atoms with E-state index in [1.807, 2.05) is 38.1 Å². The second-order valence-electron chi connectivity index (χ2n) is 5.48. The molecule has 0 fully saturated rings. The molecule has 0 saturated heterocycles. The van der Waals surface area contributed by atoms with Gasteiger partial charge in [-0.2, -0.15) is 0 Å². The number of aliphatic carboxylic acids is 1. The van der Waals surface area contributed by atoms with Crippen molar-refractivity contribution in [2.45, 2.75) is 45.7 Å². The third kappa shape index (κ3) is 6.79. The molecule has 0 aliphatic rings. The van der Waals surface area contributed by atoms with E-state index in [1.54, 1.807) is 11.9 Å². The van der Waals surface area contributed by atoms with Crippen LogP contribution in [0.5, 0.6) is 0 Å². The van der Waals surface area contributed by atoms with Gasteiger partial charge in [0.25, 0.3) is 0 Å². The van der Waals surface area contributed by atoms with Crippen LogP contribution < -0.4 is 5.32 Å². The molecule has 2 N–H and O–H groups in total. The van der Waals surface area contributed by atoms with Crippen molar-refractivity contribution in [3.8, 4) is 0 Å². The molecule has 0 aliphatic carbocycles. The van der Waals surface area contributed by atoms with Gasteiger partial charge in [0.05, 0.1) is 0 Å². The maximum atomic E-state index is 12.0. The number of nitrogens with one attached hydrogen (secondary N) is 1. The lowest BCUT2D eigenvalue weighted by Crippen LogP contribution is -2.41. The summed E-state index contributed by atoms with van der Waals surface area (Å²) in [6, 6.07) is 7.89. The molecule has 1 atom stereocenters. The van der Waals surface area contributed by atoms with E-state index in [-0.39, 0.29) is 18.5 Å². The first kappa shape index (κ1) is 17.0. The quantitative estimate of drug-likeness (QED) is 0.812. The highest BCUT2D eigenvalue weighted by Crippen LogP contribution is 2.07. The van der Waals surface area contributed by atoms with Gasteiger partial charge >= 0.3 is 12.0 Å². The number of carboxylic acid groups (broad SMARTS) is 1. The third-order valence-corrected chi connectivity index (χ3v) is 3.28. The van der Waals surface area contributed by atoms with Crippen molar-refractivity contribution < 1.29 is 14.7 Å². The molecule has 21 heavy (non-hydrogen) atoms. The summed E-state index contributed by atoms with van der Waals surface area (Å²) in [5.41, 5.74) is 2.27. The molecule has 5 heteroatoms. The van der Waals surface area contributed by atoms with Crippen molar-refractivity contribution in [2.24, 2.45) is 0 Å². The maximum absolute atomic E-state index is 12.0. The fourth-order valence-electron chi connectivity index (χ4n) is 1.99. The van der Waals surface area contributed by atoms with Gasteiger partial charge in [-0.1, -0.05) is 29.8 Å². The van der Waals surface area contributed by atoms with Crippen molar-refractivity contribution in [1.29, 1.82) is 0 Å². The number of urea groups is 1. The summed E-state index contributed by atoms with van der Waals surface area (Å²) in [5, 5.41) is 11.5. The van der Waals surface area contributed by atoms with Crippen LogP contribution in [-0.2, 0) is 11.3 Å². The minimum atomic E-state index is -0.801. The molecule has 0 bridgehead atoms. The van der Waals surface area contributed by atoms with E-state index < -0.39 is 5.97 Å². The number of amides is 2. The lowest BCUT2D eigenvalue weighted by atomic mass is 10.1. The molecule has 1 aromatic carbocycles. The summed E-state index contributed by atoms with van der Waals surface area (Å²) in [6.45, 7) is 4.46. The van der Waals surface area contributed by atoms with Gasteiger partial charge in [-0.15, -0.1) is 0 Å². The van der Waals surface area contributed by atoms with Crippen LogP contribution in [0.1, 0.15) is 37.3 Å². The van der Waals surface area contributed by atoms with Crippen LogP contribution >= 0.6 is 0 Å². The van der Waals surface area contributed by atoms with Crippen molar-refractivity contribution in [1.82, 2.24) is 10.2 Å². The normalized spacial score (nSPS) is 11.8. The molecule has 1 rings (SSSR count). The Morgan fingerprint density at radius 2 is 1.90 bits per heavy atom. The molecule has 0 radical (unpaired) electrons. The van der Waals surface area contributed by atoms with Crippen LogP contribution in [0.25, 0.3) is 0 Å². The molecule has 2 amide bonds. The van der Waals surface area contributed by atoms with E-state index in [4.69, 9.17) is 5.11 Å². The van der Waals surface area contributed by atoms with Gasteiger partial charge < -0.3 is 15.3 Å². The SMILES string of the molecule is Cc1ccc(CN(C)C(=O)NC(C)CCCC(=O)O)cc1. The topological polar surface area (TPSA) is 69.6 Å². The van der Waals surface area contributed by atoms with Gasteiger partial charge in [-0.25, -0.2) is 4.79 Å². The number of aryl methyl sites for hydroxylation is 1. The van der Waals surface area contributed by atoms with E-state index >= 15 is 0 Å². The average molecular weight is 292 g/mol. The van der Waals surface area contributed by atoms with E-state index in [0.29, 0.717) is 19.4 Å². The Morgan fingerprint density at radius 3 is 2.48 bits per heavy atom. The first-order valence-corrected chi connectivity index (χ1v) is 7.17. The average Bonchev–Trinajstić information content (AvgIpc) is 2.40. The van der Waals surface area contributed by atoms with Gasteiger partial charge in [-0.05, 0) is 32.3 Å². The van der Waals surface area contributed by atoms with Gasteiger partial charge in [0.15, 0.2) is 0 Å². The zero-order chi connectivity index (χ0) is 15.8. The Morgan fingerprint density at radius 1 is 1.29 bits per heavy atom. The molecule has 1 unspecified atom stereocenters. The lowest BCUT2D eigenvalue weighted by Gasteiger charge is -2.21. The van der Waals surface area contributed by atoms with Gasteiger partial charge in [0.1, 0.15) is 0 Å². The monoisotopic (exact) mass is 292 g/mol. The van der Waals surface area contributed by atoms with Crippen molar-refractivity contribution in [2.75, 3.05) is 7.05 Å². The second-order valence-corrected chi connectivity index (χ2v) is 5.48. The third-order valence-electron chi connectivity index (χ3n) is 3.28. The van der Waals surface area contributed by atoms with E-state index in [9.17, 15) is 9.59 Å². The minimum absolute atomic E-state index is 0.0303. The number of carbonyl (C=O) groups is 2. The van der Waals surface area contributed by atoms with Crippen LogP contribution in [0.15, 0.2) is 24.3 Å². The van der Waals surface area contributed by atoms with Crippen LogP contribution in [0, 0.1) is 6.92 Å². The molecule has 0 aliphatic heterocycles. The van der Waals surface area contributed by atoms with Crippen molar-refractivity contribution >= 4 is 12.0 Å². The molecular weight excluding hydrogens is 268 g/mol. The van der Waals surface area contributed by atoms with Crippen LogP contribution in [-0.4, -0.2) is 35.1 Å². The molecule has 5 nitrogen and oxygen atoms in total. The van der Waals surface area contributed by atoms with Gasteiger partial charge in [-0.3, -0.25) is 4.79 Å². The smallest absolute Gasteiger partial charge is 0.317 e. The summed E-state index contributed by atoms with van der Waals surface area (Å²) in [4.78, 5) is 24.1. The Kier molecular flexibility index (Phi) is 6.72. The highest BCUT2D eigenvalue weighted by atomic mass is 16.4. The van der Waals surface area contributed by atoms with E-state index in [0.717, 1.165) is 5.56 Å². The first-order chi connectivity index (χ1) is 9.88. The number of hydrogen-bond acceptors (Lipinski definition) is 2. The number of carboxylic acids is 1. The highest BCUT2D eigenvalue weighted by Gasteiger charge is 2.12. The molecular formula is C16H24N2O3. The van der Waals surface area contributed by atoms with Crippen LogP contribution in [0.4, 0.5) is 4.79 Å². The Balaban J connectivity index is 2.36. The number of carbonyl (C=O) groups excluding carboxylic acids is 1. The second kappa shape index (κ2) is 8.29. The Bertz CT molecular complexity index is 471. The standard InChI is InChI=1S/C16H24N2O3/c1-12-7-9-14(10-8-12)11-18(3)16(21)17-13(2)5-4-6-15(19)20/h7-10,13H,4-6,11H2,1-3H3,(H,17,21)(H,19,20). The molecule has 0 spiro atoms. The summed E-state index contributed by atoms with van der Waals surface area (Å²) in [5.74, 6) is -0.801. The zero-order valence-electron chi connectivity index (χ0n) is 12.9. The predicted octanol–water partition coefficient (Wildman–Crippen LogP) is 2.78. The highest BCUT2D eigenvalue weighted by molar-refractivity contribution is 5.74. The van der Waals surface area contributed by atoms with Crippen molar-refractivity contribution in [3.63, 3.8) is 0 Å². The predicted molar refractivity (Wildman–Crippen MR) is 82.1 cm³/mol. The van der Waals surface area contributed by atoms with Crippen LogP contribution in [0.3, 0.4) is 0 Å². The van der Waals surface area contributed by atoms with E-state index in [1.165, 1.54) is 5.56 Å². The lowest BCUT2D eigenvalue weighted by molar-refractivity contribution is -0.137. The largest absolute Gasteiger partial charge is 0.481 e. The molecule has 1 aromatic rings. The number of hydrogen-bond donors (Lipinski definition) is 2. The van der Waals surface area contributed by atoms with E-state index in [2.05, 4.69) is 5.32 Å². The summed E-state index contributed by atoms with van der Waals surface area (Å²) >= 11 is 0. The minimum Gasteiger partial charge on any atom is -0.481 e.